The second-order valence-electron chi connectivity index (χ2n) is 4.17. The minimum absolute atomic E-state index is 0.110. The maximum absolute atomic E-state index is 12.0. The molecule has 21 heavy (non-hydrogen) atoms. The Hall–Kier alpha value is -1.96. The van der Waals surface area contributed by atoms with E-state index in [0.29, 0.717) is 18.9 Å². The number of ether oxygens (including phenoxy) is 2. The Bertz CT molecular complexity index is 459. The van der Waals surface area contributed by atoms with Crippen molar-refractivity contribution in [3.63, 3.8) is 0 Å². The van der Waals surface area contributed by atoms with Crippen LogP contribution in [-0.4, -0.2) is 62.2 Å². The first-order valence-electron chi connectivity index (χ1n) is 6.41. The average Bonchev–Trinajstić information content (AvgIpc) is 2.49. The van der Waals surface area contributed by atoms with Gasteiger partial charge in [-0.25, -0.2) is 4.79 Å². The molecule has 7 nitrogen and oxygen atoms in total. The number of aliphatic hydroxyl groups is 1. The van der Waals surface area contributed by atoms with Crippen LogP contribution in [0.2, 0.25) is 0 Å². The van der Waals surface area contributed by atoms with E-state index in [9.17, 15) is 9.59 Å². The molecule has 0 atom stereocenters. The molecule has 0 heterocycles. The highest BCUT2D eigenvalue weighted by molar-refractivity contribution is 5.95. The second-order valence-corrected chi connectivity index (χ2v) is 4.17. The molecule has 1 aromatic carbocycles. The van der Waals surface area contributed by atoms with Gasteiger partial charge in [-0.2, -0.15) is 0 Å². The van der Waals surface area contributed by atoms with Crippen LogP contribution < -0.4 is 4.90 Å². The lowest BCUT2D eigenvalue weighted by atomic mass is 10.2. The van der Waals surface area contributed by atoms with Crippen molar-refractivity contribution in [2.45, 2.75) is 0 Å². The third-order valence-electron chi connectivity index (χ3n) is 2.71. The number of carboxylic acids is 1. The fourth-order valence-electron chi connectivity index (χ4n) is 1.66. The smallest absolute Gasteiger partial charge is 0.335 e. The maximum Gasteiger partial charge on any atom is 0.335 e. The zero-order chi connectivity index (χ0) is 15.7. The van der Waals surface area contributed by atoms with E-state index in [1.165, 1.54) is 36.3 Å². The van der Waals surface area contributed by atoms with E-state index in [2.05, 4.69) is 0 Å². The van der Waals surface area contributed by atoms with Crippen LogP contribution >= 0.6 is 0 Å². The van der Waals surface area contributed by atoms with Crippen molar-refractivity contribution >= 4 is 17.6 Å². The van der Waals surface area contributed by atoms with Gasteiger partial charge in [0.25, 0.3) is 5.91 Å². The van der Waals surface area contributed by atoms with E-state index in [4.69, 9.17) is 19.7 Å². The summed E-state index contributed by atoms with van der Waals surface area (Å²) in [5.74, 6) is -1.35. The molecule has 1 rings (SSSR count). The topological polar surface area (TPSA) is 96.3 Å². The number of aliphatic hydroxyl groups excluding tert-OH is 1. The minimum atomic E-state index is -1.04. The van der Waals surface area contributed by atoms with Crippen LogP contribution in [0.5, 0.6) is 0 Å². The summed E-state index contributed by atoms with van der Waals surface area (Å²) in [6.07, 6.45) is 0. The molecule has 1 aromatic rings. The van der Waals surface area contributed by atoms with Crippen molar-refractivity contribution < 1.29 is 29.3 Å². The van der Waals surface area contributed by atoms with Crippen LogP contribution in [0.1, 0.15) is 10.4 Å². The van der Waals surface area contributed by atoms with E-state index in [1.807, 2.05) is 0 Å². The Kier molecular flexibility index (Phi) is 7.38. The van der Waals surface area contributed by atoms with E-state index in [1.54, 1.807) is 0 Å². The van der Waals surface area contributed by atoms with Gasteiger partial charge in [0.1, 0.15) is 6.61 Å². The second kappa shape index (κ2) is 9.06. The fourth-order valence-corrected chi connectivity index (χ4v) is 1.66. The molecule has 0 aromatic heterocycles. The molecule has 0 fully saturated rings. The molecule has 0 aliphatic carbocycles. The van der Waals surface area contributed by atoms with Crippen molar-refractivity contribution in [2.75, 3.05) is 45.0 Å². The molecule has 0 saturated carbocycles. The fraction of sp³-hybridized carbons (Fsp3) is 0.429. The Balaban J connectivity index is 2.71. The lowest BCUT2D eigenvalue weighted by Crippen LogP contribution is -2.36. The highest BCUT2D eigenvalue weighted by atomic mass is 16.5. The van der Waals surface area contributed by atoms with Crippen LogP contribution in [0.15, 0.2) is 24.3 Å². The number of methoxy groups -OCH3 is 1. The molecule has 2 N–H and O–H groups in total. The van der Waals surface area contributed by atoms with E-state index >= 15 is 0 Å². The number of benzene rings is 1. The van der Waals surface area contributed by atoms with Gasteiger partial charge < -0.3 is 24.6 Å². The molecule has 0 bridgehead atoms. The molecule has 1 amide bonds. The summed E-state index contributed by atoms with van der Waals surface area (Å²) in [5, 5.41) is 17.9. The molecular weight excluding hydrogens is 278 g/mol. The predicted octanol–water partition coefficient (Wildman–Crippen LogP) is 0.373. The van der Waals surface area contributed by atoms with E-state index in [0.717, 1.165) is 0 Å². The number of nitrogens with zero attached hydrogens (tertiary/aromatic N) is 1. The number of carbonyl (C=O) groups is 2. The first kappa shape index (κ1) is 17.1. The van der Waals surface area contributed by atoms with Crippen LogP contribution in [-0.2, 0) is 14.3 Å². The van der Waals surface area contributed by atoms with Crippen molar-refractivity contribution in [3.05, 3.63) is 29.8 Å². The summed E-state index contributed by atoms with van der Waals surface area (Å²) in [5.41, 5.74) is 0.640. The Morgan fingerprint density at radius 2 is 1.86 bits per heavy atom. The number of carboxylic acid groups (broad SMARTS) is 1. The van der Waals surface area contributed by atoms with Gasteiger partial charge >= 0.3 is 5.97 Å². The zero-order valence-electron chi connectivity index (χ0n) is 11.8. The molecule has 0 radical (unpaired) electrons. The first-order valence-corrected chi connectivity index (χ1v) is 6.41. The lowest BCUT2D eigenvalue weighted by molar-refractivity contribution is -0.123. The maximum atomic E-state index is 12.0. The quantitative estimate of drug-likeness (QED) is 0.639. The number of anilines is 1. The number of hydrogen-bond donors (Lipinski definition) is 2. The first-order chi connectivity index (χ1) is 10.1. The summed E-state index contributed by atoms with van der Waals surface area (Å²) in [4.78, 5) is 24.2. The molecule has 7 heteroatoms. The highest BCUT2D eigenvalue weighted by Gasteiger charge is 2.16. The van der Waals surface area contributed by atoms with Crippen molar-refractivity contribution in [2.24, 2.45) is 0 Å². The average molecular weight is 297 g/mol. The molecular formula is C14H19NO6. The third-order valence-corrected chi connectivity index (χ3v) is 2.71. The van der Waals surface area contributed by atoms with Gasteiger partial charge in [0.05, 0.1) is 25.4 Å². The van der Waals surface area contributed by atoms with E-state index < -0.39 is 5.97 Å². The molecule has 116 valence electrons. The minimum Gasteiger partial charge on any atom is -0.478 e. The summed E-state index contributed by atoms with van der Waals surface area (Å²) >= 11 is 0. The molecule has 0 aliphatic rings. The molecule has 0 aliphatic heterocycles. The lowest BCUT2D eigenvalue weighted by Gasteiger charge is -2.22. The number of amides is 1. The molecule has 0 unspecified atom stereocenters. The van der Waals surface area contributed by atoms with Gasteiger partial charge in [-0.15, -0.1) is 0 Å². The molecule has 0 saturated heterocycles. The van der Waals surface area contributed by atoms with Crippen LogP contribution in [0.4, 0.5) is 5.69 Å². The number of rotatable bonds is 9. The van der Waals surface area contributed by atoms with Crippen LogP contribution in [0.25, 0.3) is 0 Å². The number of aromatic carboxylic acids is 1. The zero-order valence-corrected chi connectivity index (χ0v) is 11.8. The molecule has 0 spiro atoms. The Morgan fingerprint density at radius 3 is 2.38 bits per heavy atom. The van der Waals surface area contributed by atoms with Crippen molar-refractivity contribution in [1.82, 2.24) is 0 Å². The van der Waals surface area contributed by atoms with Crippen molar-refractivity contribution in [3.8, 4) is 0 Å². The monoisotopic (exact) mass is 297 g/mol. The van der Waals surface area contributed by atoms with E-state index in [-0.39, 0.29) is 31.2 Å². The summed E-state index contributed by atoms with van der Waals surface area (Å²) < 4.78 is 9.96. The van der Waals surface area contributed by atoms with Gasteiger partial charge in [-0.05, 0) is 24.3 Å². The van der Waals surface area contributed by atoms with Gasteiger partial charge in [-0.1, -0.05) is 0 Å². The predicted molar refractivity (Wildman–Crippen MR) is 75.5 cm³/mol. The highest BCUT2D eigenvalue weighted by Crippen LogP contribution is 2.15. The third kappa shape index (κ3) is 5.50. The van der Waals surface area contributed by atoms with Crippen LogP contribution in [0.3, 0.4) is 0 Å². The Labute approximate surface area is 122 Å². The summed E-state index contributed by atoms with van der Waals surface area (Å²) in [6, 6.07) is 5.85. The number of carbonyl (C=O) groups excluding carboxylic acids is 1. The largest absolute Gasteiger partial charge is 0.478 e. The Morgan fingerprint density at radius 1 is 1.19 bits per heavy atom. The van der Waals surface area contributed by atoms with Gasteiger partial charge in [0, 0.05) is 19.3 Å². The summed E-state index contributed by atoms with van der Waals surface area (Å²) in [6.45, 7) is 0.459. The summed E-state index contributed by atoms with van der Waals surface area (Å²) in [7, 11) is 1.53. The van der Waals surface area contributed by atoms with Crippen LogP contribution in [0, 0.1) is 0 Å². The SMILES string of the molecule is COCCOCC(=O)N(CCO)c1ccc(C(=O)O)cc1. The standard InChI is InChI=1S/C14H19NO6/c1-20-8-9-21-10-13(17)15(6-7-16)12-4-2-11(3-5-12)14(18)19/h2-5,16H,6-10H2,1H3,(H,18,19). The number of hydrogen-bond acceptors (Lipinski definition) is 5. The van der Waals surface area contributed by atoms with Crippen molar-refractivity contribution in [1.29, 1.82) is 0 Å². The van der Waals surface area contributed by atoms with Gasteiger partial charge in [0.15, 0.2) is 0 Å². The normalized spacial score (nSPS) is 10.4. The van der Waals surface area contributed by atoms with Gasteiger partial charge in [0.2, 0.25) is 0 Å². The van der Waals surface area contributed by atoms with Gasteiger partial charge in [-0.3, -0.25) is 4.79 Å².